The summed E-state index contributed by atoms with van der Waals surface area (Å²) in [6, 6.07) is 0. The van der Waals surface area contributed by atoms with E-state index < -0.39 is 6.55 Å². The van der Waals surface area contributed by atoms with Crippen molar-refractivity contribution in [3.05, 3.63) is 0 Å². The highest BCUT2D eigenvalue weighted by Gasteiger charge is 2.07. The first-order valence-electron chi connectivity index (χ1n) is 2.26. The Morgan fingerprint density at radius 3 is 2.25 bits per heavy atom. The Bertz CT molecular complexity index is 74.4. The SMILES string of the molecule is CCN(C=N)C(F)F. The zero-order valence-electron chi connectivity index (χ0n) is 4.56. The van der Waals surface area contributed by atoms with Gasteiger partial charge in [-0.25, -0.2) is 0 Å². The van der Waals surface area contributed by atoms with Crippen LogP contribution in [0.4, 0.5) is 8.78 Å². The van der Waals surface area contributed by atoms with Gasteiger partial charge in [-0.15, -0.1) is 0 Å². The highest BCUT2D eigenvalue weighted by molar-refractivity contribution is 5.50. The monoisotopic (exact) mass is 122 g/mol. The maximum absolute atomic E-state index is 11.5. The maximum Gasteiger partial charge on any atom is 0.316 e. The highest BCUT2D eigenvalue weighted by atomic mass is 19.3. The molecule has 0 radical (unpaired) electrons. The summed E-state index contributed by atoms with van der Waals surface area (Å²) < 4.78 is 22.9. The van der Waals surface area contributed by atoms with Crippen molar-refractivity contribution in [2.45, 2.75) is 13.5 Å². The van der Waals surface area contributed by atoms with E-state index in [4.69, 9.17) is 5.41 Å². The highest BCUT2D eigenvalue weighted by Crippen LogP contribution is 1.96. The van der Waals surface area contributed by atoms with Crippen molar-refractivity contribution in [3.8, 4) is 0 Å². The first-order chi connectivity index (χ1) is 3.72. The van der Waals surface area contributed by atoms with E-state index in [0.29, 0.717) is 11.2 Å². The van der Waals surface area contributed by atoms with E-state index in [2.05, 4.69) is 0 Å². The van der Waals surface area contributed by atoms with E-state index in [0.717, 1.165) is 0 Å². The average Bonchev–Trinajstić information content (AvgIpc) is 1.69. The second-order valence-corrected chi connectivity index (χ2v) is 1.24. The Balaban J connectivity index is 3.51. The van der Waals surface area contributed by atoms with Gasteiger partial charge < -0.3 is 4.90 Å². The first-order valence-corrected chi connectivity index (χ1v) is 2.26. The fraction of sp³-hybridized carbons (Fsp3) is 0.750. The van der Waals surface area contributed by atoms with E-state index in [1.165, 1.54) is 0 Å². The Morgan fingerprint density at radius 1 is 1.75 bits per heavy atom. The van der Waals surface area contributed by atoms with Gasteiger partial charge in [-0.3, -0.25) is 5.41 Å². The van der Waals surface area contributed by atoms with Crippen LogP contribution in [-0.4, -0.2) is 24.3 Å². The number of halogens is 2. The van der Waals surface area contributed by atoms with Crippen LogP contribution in [0.15, 0.2) is 0 Å². The second-order valence-electron chi connectivity index (χ2n) is 1.24. The van der Waals surface area contributed by atoms with E-state index in [-0.39, 0.29) is 6.54 Å². The summed E-state index contributed by atoms with van der Waals surface area (Å²) in [4.78, 5) is 0.625. The predicted molar refractivity (Wildman–Crippen MR) is 27.2 cm³/mol. The molecular weight excluding hydrogens is 114 g/mol. The number of alkyl halides is 2. The zero-order chi connectivity index (χ0) is 6.57. The van der Waals surface area contributed by atoms with Crippen LogP contribution in [0.25, 0.3) is 0 Å². The molecule has 0 atom stereocenters. The third-order valence-electron chi connectivity index (χ3n) is 0.782. The number of rotatable bonds is 3. The minimum atomic E-state index is -2.53. The van der Waals surface area contributed by atoms with Gasteiger partial charge in [0.05, 0.1) is 6.34 Å². The topological polar surface area (TPSA) is 27.1 Å². The van der Waals surface area contributed by atoms with Crippen molar-refractivity contribution in [1.82, 2.24) is 4.90 Å². The van der Waals surface area contributed by atoms with Gasteiger partial charge in [-0.1, -0.05) is 0 Å². The molecule has 0 spiro atoms. The van der Waals surface area contributed by atoms with Crippen LogP contribution in [0.2, 0.25) is 0 Å². The summed E-state index contributed by atoms with van der Waals surface area (Å²) in [6.07, 6.45) is 0.630. The van der Waals surface area contributed by atoms with Gasteiger partial charge in [0.1, 0.15) is 0 Å². The Hall–Kier alpha value is -0.670. The standard InChI is InChI=1S/C4H8F2N2/c1-2-8(3-7)4(5)6/h3-4,7H,2H2,1H3. The Morgan fingerprint density at radius 2 is 2.25 bits per heavy atom. The number of hydrogen-bond acceptors (Lipinski definition) is 1. The second kappa shape index (κ2) is 3.35. The Labute approximate surface area is 46.6 Å². The fourth-order valence-electron chi connectivity index (χ4n) is 0.286. The van der Waals surface area contributed by atoms with Crippen LogP contribution >= 0.6 is 0 Å². The van der Waals surface area contributed by atoms with Crippen LogP contribution in [0.3, 0.4) is 0 Å². The molecule has 0 saturated carbocycles. The third-order valence-corrected chi connectivity index (χ3v) is 0.782. The van der Waals surface area contributed by atoms with Gasteiger partial charge in [-0.05, 0) is 6.92 Å². The molecule has 4 heteroatoms. The maximum atomic E-state index is 11.5. The van der Waals surface area contributed by atoms with Crippen LogP contribution in [0, 0.1) is 5.41 Å². The molecule has 0 rings (SSSR count). The van der Waals surface area contributed by atoms with Crippen molar-refractivity contribution in [3.63, 3.8) is 0 Å². The molecular formula is C4H8F2N2. The van der Waals surface area contributed by atoms with Gasteiger partial charge in [0.2, 0.25) is 0 Å². The summed E-state index contributed by atoms with van der Waals surface area (Å²) in [5.41, 5.74) is 0. The van der Waals surface area contributed by atoms with Gasteiger partial charge in [0.15, 0.2) is 0 Å². The smallest absolute Gasteiger partial charge is 0.307 e. The van der Waals surface area contributed by atoms with Gasteiger partial charge >= 0.3 is 6.55 Å². The number of nitrogens with zero attached hydrogens (tertiary/aromatic N) is 1. The van der Waals surface area contributed by atoms with Gasteiger partial charge in [0.25, 0.3) is 0 Å². The summed E-state index contributed by atoms with van der Waals surface area (Å²) >= 11 is 0. The molecule has 8 heavy (non-hydrogen) atoms. The molecule has 0 aliphatic carbocycles. The van der Waals surface area contributed by atoms with Crippen LogP contribution in [0.5, 0.6) is 0 Å². The lowest BCUT2D eigenvalue weighted by Crippen LogP contribution is -2.26. The van der Waals surface area contributed by atoms with Crippen LogP contribution in [-0.2, 0) is 0 Å². The average molecular weight is 122 g/mol. The quantitative estimate of drug-likeness (QED) is 0.339. The molecule has 0 aliphatic rings. The normalized spacial score (nSPS) is 9.50. The number of nitrogens with one attached hydrogen (secondary N) is 1. The van der Waals surface area contributed by atoms with E-state index >= 15 is 0 Å². The summed E-state index contributed by atoms with van der Waals surface area (Å²) in [7, 11) is 0. The van der Waals surface area contributed by atoms with Crippen molar-refractivity contribution < 1.29 is 8.78 Å². The van der Waals surface area contributed by atoms with E-state index in [9.17, 15) is 8.78 Å². The van der Waals surface area contributed by atoms with Gasteiger partial charge in [-0.2, -0.15) is 8.78 Å². The molecule has 0 fully saturated rings. The molecule has 0 saturated heterocycles. The molecule has 48 valence electrons. The lowest BCUT2D eigenvalue weighted by atomic mass is 10.7. The first kappa shape index (κ1) is 7.33. The third kappa shape index (κ3) is 1.86. The van der Waals surface area contributed by atoms with Crippen molar-refractivity contribution in [2.75, 3.05) is 6.54 Å². The van der Waals surface area contributed by atoms with Crippen molar-refractivity contribution in [1.29, 1.82) is 5.41 Å². The summed E-state index contributed by atoms with van der Waals surface area (Å²) in [5.74, 6) is 0. The van der Waals surface area contributed by atoms with Crippen molar-refractivity contribution in [2.24, 2.45) is 0 Å². The van der Waals surface area contributed by atoms with E-state index in [1.807, 2.05) is 0 Å². The molecule has 1 N–H and O–H groups in total. The summed E-state index contributed by atoms with van der Waals surface area (Å²) in [5, 5.41) is 6.41. The Kier molecular flexibility index (Phi) is 3.07. The molecule has 0 heterocycles. The minimum absolute atomic E-state index is 0.182. The lowest BCUT2D eigenvalue weighted by Gasteiger charge is -2.13. The molecule has 0 aliphatic heterocycles. The van der Waals surface area contributed by atoms with Gasteiger partial charge in [0, 0.05) is 6.54 Å². The number of hydrogen-bond donors (Lipinski definition) is 1. The molecule has 0 aromatic carbocycles. The molecule has 0 bridgehead atoms. The van der Waals surface area contributed by atoms with E-state index in [1.54, 1.807) is 6.92 Å². The molecule has 0 aromatic heterocycles. The minimum Gasteiger partial charge on any atom is -0.307 e. The lowest BCUT2D eigenvalue weighted by molar-refractivity contribution is 0.0277. The predicted octanol–water partition coefficient (Wildman–Crippen LogP) is 1.14. The molecule has 0 amide bonds. The molecule has 0 unspecified atom stereocenters. The molecule has 0 aromatic rings. The summed E-state index contributed by atoms with van der Waals surface area (Å²) in [6.45, 7) is -0.782. The molecule has 2 nitrogen and oxygen atoms in total. The zero-order valence-corrected chi connectivity index (χ0v) is 4.56. The van der Waals surface area contributed by atoms with Crippen LogP contribution in [0.1, 0.15) is 6.92 Å². The van der Waals surface area contributed by atoms with Crippen molar-refractivity contribution >= 4 is 6.34 Å². The van der Waals surface area contributed by atoms with Crippen LogP contribution < -0.4 is 0 Å². The fourth-order valence-corrected chi connectivity index (χ4v) is 0.286. The largest absolute Gasteiger partial charge is 0.316 e.